The summed E-state index contributed by atoms with van der Waals surface area (Å²) in [6.45, 7) is 4.21. The lowest BCUT2D eigenvalue weighted by Crippen LogP contribution is -2.41. The van der Waals surface area contributed by atoms with Crippen LogP contribution in [0.1, 0.15) is 12.5 Å². The maximum absolute atomic E-state index is 12.0. The Balaban J connectivity index is 2.72. The van der Waals surface area contributed by atoms with Gasteiger partial charge in [0.25, 0.3) is 0 Å². The number of nitrogens with one attached hydrogen (secondary N) is 1. The Hall–Kier alpha value is -1.59. The number of nitrogens with two attached hydrogens (primary N) is 1. The summed E-state index contributed by atoms with van der Waals surface area (Å²) in [4.78, 5) is 13.8. The lowest BCUT2D eigenvalue weighted by molar-refractivity contribution is -0.120. The summed E-state index contributed by atoms with van der Waals surface area (Å²) in [6, 6.07) is 5.10. The Labute approximate surface area is 108 Å². The molecule has 18 heavy (non-hydrogen) atoms. The molecule has 0 heterocycles. The zero-order valence-corrected chi connectivity index (χ0v) is 11.1. The highest BCUT2D eigenvalue weighted by Gasteiger charge is 2.18. The molecule has 100 valence electrons. The number of aliphatic hydroxyl groups is 1. The third-order valence-electron chi connectivity index (χ3n) is 3.01. The molecule has 0 saturated heterocycles. The van der Waals surface area contributed by atoms with E-state index in [-0.39, 0.29) is 18.6 Å². The van der Waals surface area contributed by atoms with Crippen LogP contribution >= 0.6 is 0 Å². The molecule has 0 aliphatic rings. The Bertz CT molecular complexity index is 421. The van der Waals surface area contributed by atoms with Gasteiger partial charge in [-0.05, 0) is 38.6 Å². The molecule has 1 aromatic rings. The van der Waals surface area contributed by atoms with E-state index in [1.165, 1.54) is 0 Å². The lowest BCUT2D eigenvalue weighted by Gasteiger charge is -2.23. The Morgan fingerprint density at radius 1 is 1.56 bits per heavy atom. The van der Waals surface area contributed by atoms with Crippen molar-refractivity contribution in [3.63, 3.8) is 0 Å². The zero-order valence-electron chi connectivity index (χ0n) is 11.1. The molecule has 1 unspecified atom stereocenters. The molecule has 1 atom stereocenters. The fourth-order valence-electron chi connectivity index (χ4n) is 1.56. The summed E-state index contributed by atoms with van der Waals surface area (Å²) in [5.74, 6) is -0.111. The zero-order chi connectivity index (χ0) is 13.7. The molecule has 0 spiro atoms. The van der Waals surface area contributed by atoms with E-state index in [1.54, 1.807) is 31.0 Å². The fourth-order valence-corrected chi connectivity index (χ4v) is 1.56. The Morgan fingerprint density at radius 2 is 2.22 bits per heavy atom. The Morgan fingerprint density at radius 3 is 2.83 bits per heavy atom. The Kier molecular flexibility index (Phi) is 5.12. The quantitative estimate of drug-likeness (QED) is 0.677. The summed E-state index contributed by atoms with van der Waals surface area (Å²) >= 11 is 0. The molecule has 1 amide bonds. The van der Waals surface area contributed by atoms with Crippen molar-refractivity contribution in [1.29, 1.82) is 0 Å². The first-order valence-electron chi connectivity index (χ1n) is 5.93. The first kappa shape index (κ1) is 14.5. The minimum Gasteiger partial charge on any atom is -0.399 e. The van der Waals surface area contributed by atoms with E-state index in [1.807, 2.05) is 13.0 Å². The molecule has 1 aromatic carbocycles. The number of likely N-dealkylation sites (N-methyl/N-ethyl adjacent to an activating group) is 1. The summed E-state index contributed by atoms with van der Waals surface area (Å²) in [6.07, 6.45) is 0. The van der Waals surface area contributed by atoms with Crippen LogP contribution in [0.15, 0.2) is 18.2 Å². The molecule has 0 aliphatic heterocycles. The number of hydrogen-bond donors (Lipinski definition) is 3. The van der Waals surface area contributed by atoms with E-state index in [0.29, 0.717) is 12.2 Å². The van der Waals surface area contributed by atoms with Crippen molar-refractivity contribution in [2.75, 3.05) is 31.2 Å². The number of anilines is 2. The molecular formula is C13H21N3O2. The molecule has 4 N–H and O–H groups in total. The lowest BCUT2D eigenvalue weighted by atomic mass is 10.1. The predicted molar refractivity (Wildman–Crippen MR) is 73.4 cm³/mol. The van der Waals surface area contributed by atoms with Crippen molar-refractivity contribution in [3.8, 4) is 0 Å². The summed E-state index contributed by atoms with van der Waals surface area (Å²) in [5, 5.41) is 11.7. The van der Waals surface area contributed by atoms with Crippen molar-refractivity contribution in [2.24, 2.45) is 0 Å². The second-order valence-corrected chi connectivity index (χ2v) is 4.44. The number of nitrogen functional groups attached to an aromatic ring is 1. The molecule has 0 radical (unpaired) electrons. The van der Waals surface area contributed by atoms with Gasteiger partial charge in [0.1, 0.15) is 0 Å². The van der Waals surface area contributed by atoms with Crippen LogP contribution in [-0.2, 0) is 4.79 Å². The number of benzene rings is 1. The predicted octanol–water partition coefficient (Wildman–Crippen LogP) is 0.828. The van der Waals surface area contributed by atoms with Crippen molar-refractivity contribution >= 4 is 17.3 Å². The van der Waals surface area contributed by atoms with E-state index in [0.717, 1.165) is 11.3 Å². The number of aliphatic hydroxyl groups excluding tert-OH is 1. The number of nitrogens with zero attached hydrogens (tertiary/aromatic N) is 1. The van der Waals surface area contributed by atoms with Crippen molar-refractivity contribution in [1.82, 2.24) is 4.90 Å². The van der Waals surface area contributed by atoms with Gasteiger partial charge in [-0.1, -0.05) is 6.07 Å². The fraction of sp³-hybridized carbons (Fsp3) is 0.462. The first-order chi connectivity index (χ1) is 8.45. The van der Waals surface area contributed by atoms with E-state index in [2.05, 4.69) is 5.32 Å². The molecule has 0 bridgehead atoms. The van der Waals surface area contributed by atoms with Crippen LogP contribution in [-0.4, -0.2) is 42.2 Å². The molecule has 0 fully saturated rings. The molecule has 5 nitrogen and oxygen atoms in total. The van der Waals surface area contributed by atoms with Gasteiger partial charge in [0.15, 0.2) is 0 Å². The summed E-state index contributed by atoms with van der Waals surface area (Å²) < 4.78 is 0. The number of carbonyl (C=O) groups excluding carboxylic acids is 1. The van der Waals surface area contributed by atoms with Crippen molar-refractivity contribution in [3.05, 3.63) is 23.8 Å². The number of rotatable bonds is 5. The highest BCUT2D eigenvalue weighted by atomic mass is 16.3. The third-order valence-corrected chi connectivity index (χ3v) is 3.01. The smallest absolute Gasteiger partial charge is 0.241 e. The maximum atomic E-state index is 12.0. The van der Waals surface area contributed by atoms with E-state index < -0.39 is 0 Å². The van der Waals surface area contributed by atoms with Gasteiger partial charge in [-0.3, -0.25) is 9.69 Å². The van der Waals surface area contributed by atoms with Crippen molar-refractivity contribution in [2.45, 2.75) is 19.9 Å². The van der Waals surface area contributed by atoms with Crippen LogP contribution in [0.5, 0.6) is 0 Å². The van der Waals surface area contributed by atoms with Gasteiger partial charge in [-0.2, -0.15) is 0 Å². The number of amides is 1. The van der Waals surface area contributed by atoms with Gasteiger partial charge in [-0.25, -0.2) is 0 Å². The van der Waals surface area contributed by atoms with Crippen LogP contribution in [0, 0.1) is 6.92 Å². The molecule has 0 saturated carbocycles. The third kappa shape index (κ3) is 3.72. The van der Waals surface area contributed by atoms with E-state index in [4.69, 9.17) is 10.8 Å². The molecular weight excluding hydrogens is 230 g/mol. The average Bonchev–Trinajstić information content (AvgIpc) is 2.33. The number of aryl methyl sites for hydroxylation is 1. The van der Waals surface area contributed by atoms with Crippen LogP contribution in [0.25, 0.3) is 0 Å². The number of hydrogen-bond acceptors (Lipinski definition) is 4. The van der Waals surface area contributed by atoms with Gasteiger partial charge in [-0.15, -0.1) is 0 Å². The standard InChI is InChI=1S/C13H21N3O2/c1-9-4-5-11(14)8-12(9)15-13(18)10(2)16(3)6-7-17/h4-5,8,10,17H,6-7,14H2,1-3H3,(H,15,18). The van der Waals surface area contributed by atoms with E-state index in [9.17, 15) is 4.79 Å². The topological polar surface area (TPSA) is 78.6 Å². The van der Waals surface area contributed by atoms with Gasteiger partial charge in [0, 0.05) is 17.9 Å². The SMILES string of the molecule is Cc1ccc(N)cc1NC(=O)C(C)N(C)CCO. The second-order valence-electron chi connectivity index (χ2n) is 4.44. The number of carbonyl (C=O) groups is 1. The molecule has 1 rings (SSSR count). The summed E-state index contributed by atoms with van der Waals surface area (Å²) in [5.41, 5.74) is 8.00. The van der Waals surface area contributed by atoms with Crippen LogP contribution < -0.4 is 11.1 Å². The highest BCUT2D eigenvalue weighted by Crippen LogP contribution is 2.18. The molecule has 0 aromatic heterocycles. The average molecular weight is 251 g/mol. The monoisotopic (exact) mass is 251 g/mol. The minimum atomic E-state index is -0.307. The second kappa shape index (κ2) is 6.37. The summed E-state index contributed by atoms with van der Waals surface area (Å²) in [7, 11) is 1.80. The normalized spacial score (nSPS) is 12.5. The van der Waals surface area contributed by atoms with Crippen molar-refractivity contribution < 1.29 is 9.90 Å². The van der Waals surface area contributed by atoms with Gasteiger partial charge in [0.2, 0.25) is 5.91 Å². The van der Waals surface area contributed by atoms with Crippen LogP contribution in [0.2, 0.25) is 0 Å². The van der Waals surface area contributed by atoms with Gasteiger partial charge < -0.3 is 16.2 Å². The largest absolute Gasteiger partial charge is 0.399 e. The first-order valence-corrected chi connectivity index (χ1v) is 5.93. The molecule has 5 heteroatoms. The minimum absolute atomic E-state index is 0.0332. The molecule has 0 aliphatic carbocycles. The highest BCUT2D eigenvalue weighted by molar-refractivity contribution is 5.95. The van der Waals surface area contributed by atoms with E-state index >= 15 is 0 Å². The maximum Gasteiger partial charge on any atom is 0.241 e. The van der Waals surface area contributed by atoms with Crippen LogP contribution in [0.3, 0.4) is 0 Å². The van der Waals surface area contributed by atoms with Gasteiger partial charge >= 0.3 is 0 Å². The van der Waals surface area contributed by atoms with Crippen LogP contribution in [0.4, 0.5) is 11.4 Å². The van der Waals surface area contributed by atoms with Gasteiger partial charge in [0.05, 0.1) is 12.6 Å².